The molecule has 1 aliphatic carbocycles. The van der Waals surface area contributed by atoms with Crippen molar-refractivity contribution in [3.63, 3.8) is 0 Å². The SMILES string of the molecule is Cc1cc(C(=O)N(CC#N)C2CCCC2)c(C)o1. The molecular weight excluding hydrogens is 228 g/mol. The fourth-order valence-electron chi connectivity index (χ4n) is 2.66. The van der Waals surface area contributed by atoms with Crippen molar-refractivity contribution < 1.29 is 9.21 Å². The van der Waals surface area contributed by atoms with Crippen LogP contribution in [0.2, 0.25) is 0 Å². The number of rotatable bonds is 3. The third-order valence-electron chi connectivity index (χ3n) is 3.54. The Labute approximate surface area is 107 Å². The summed E-state index contributed by atoms with van der Waals surface area (Å²) in [6.07, 6.45) is 4.29. The second-order valence-corrected chi connectivity index (χ2v) is 4.86. The Hall–Kier alpha value is -1.76. The predicted octanol–water partition coefficient (Wildman–Crippen LogP) is 2.80. The summed E-state index contributed by atoms with van der Waals surface area (Å²) in [4.78, 5) is 14.2. The Morgan fingerprint density at radius 3 is 2.67 bits per heavy atom. The molecule has 1 aliphatic rings. The van der Waals surface area contributed by atoms with Crippen molar-refractivity contribution in [2.75, 3.05) is 6.54 Å². The summed E-state index contributed by atoms with van der Waals surface area (Å²) in [6, 6.07) is 4.07. The molecule has 4 heteroatoms. The summed E-state index contributed by atoms with van der Waals surface area (Å²) in [5.74, 6) is 1.30. The van der Waals surface area contributed by atoms with E-state index in [0.29, 0.717) is 11.3 Å². The normalized spacial score (nSPS) is 15.6. The van der Waals surface area contributed by atoms with Gasteiger partial charge in [-0.2, -0.15) is 5.26 Å². The van der Waals surface area contributed by atoms with Gasteiger partial charge >= 0.3 is 0 Å². The van der Waals surface area contributed by atoms with Gasteiger partial charge in [0.15, 0.2) is 0 Å². The second kappa shape index (κ2) is 5.26. The van der Waals surface area contributed by atoms with Crippen molar-refractivity contribution in [2.45, 2.75) is 45.6 Å². The van der Waals surface area contributed by atoms with E-state index in [4.69, 9.17) is 9.68 Å². The lowest BCUT2D eigenvalue weighted by Crippen LogP contribution is -2.39. The average molecular weight is 246 g/mol. The monoisotopic (exact) mass is 246 g/mol. The van der Waals surface area contributed by atoms with Gasteiger partial charge in [0.2, 0.25) is 0 Å². The first-order valence-electron chi connectivity index (χ1n) is 6.38. The molecule has 2 rings (SSSR count). The maximum atomic E-state index is 12.5. The quantitative estimate of drug-likeness (QED) is 0.770. The fraction of sp³-hybridized carbons (Fsp3) is 0.571. The number of carbonyl (C=O) groups is 1. The van der Waals surface area contributed by atoms with Gasteiger partial charge < -0.3 is 9.32 Å². The van der Waals surface area contributed by atoms with Gasteiger partial charge in [-0.05, 0) is 32.8 Å². The second-order valence-electron chi connectivity index (χ2n) is 4.86. The van der Waals surface area contributed by atoms with Crippen LogP contribution in [0.25, 0.3) is 0 Å². The third kappa shape index (κ3) is 2.40. The van der Waals surface area contributed by atoms with E-state index in [-0.39, 0.29) is 18.5 Å². The molecule has 1 heterocycles. The van der Waals surface area contributed by atoms with Gasteiger partial charge in [0.05, 0.1) is 11.6 Å². The maximum absolute atomic E-state index is 12.5. The van der Waals surface area contributed by atoms with E-state index in [0.717, 1.165) is 31.4 Å². The minimum atomic E-state index is -0.0715. The van der Waals surface area contributed by atoms with Crippen molar-refractivity contribution in [1.82, 2.24) is 4.90 Å². The van der Waals surface area contributed by atoms with Gasteiger partial charge in [-0.1, -0.05) is 12.8 Å². The van der Waals surface area contributed by atoms with E-state index in [2.05, 4.69) is 6.07 Å². The number of nitriles is 1. The topological polar surface area (TPSA) is 57.2 Å². The molecule has 0 aromatic carbocycles. The highest BCUT2D eigenvalue weighted by Gasteiger charge is 2.28. The van der Waals surface area contributed by atoms with Crippen molar-refractivity contribution >= 4 is 5.91 Å². The van der Waals surface area contributed by atoms with Crippen LogP contribution in [0, 0.1) is 25.2 Å². The van der Waals surface area contributed by atoms with Gasteiger partial charge in [0.25, 0.3) is 5.91 Å². The number of carbonyl (C=O) groups excluding carboxylic acids is 1. The summed E-state index contributed by atoms with van der Waals surface area (Å²) >= 11 is 0. The molecule has 18 heavy (non-hydrogen) atoms. The average Bonchev–Trinajstić information content (AvgIpc) is 2.95. The van der Waals surface area contributed by atoms with Crippen LogP contribution >= 0.6 is 0 Å². The first-order chi connectivity index (χ1) is 8.63. The molecule has 0 aliphatic heterocycles. The van der Waals surface area contributed by atoms with Crippen LogP contribution in [-0.2, 0) is 0 Å². The minimum Gasteiger partial charge on any atom is -0.466 e. The molecule has 0 spiro atoms. The summed E-state index contributed by atoms with van der Waals surface area (Å²) in [5.41, 5.74) is 0.592. The number of furan rings is 1. The van der Waals surface area contributed by atoms with Crippen LogP contribution in [0.15, 0.2) is 10.5 Å². The molecule has 0 N–H and O–H groups in total. The van der Waals surface area contributed by atoms with Gasteiger partial charge in [0.1, 0.15) is 18.1 Å². The predicted molar refractivity (Wildman–Crippen MR) is 67.1 cm³/mol. The molecule has 1 saturated carbocycles. The minimum absolute atomic E-state index is 0.0715. The van der Waals surface area contributed by atoms with Gasteiger partial charge in [-0.3, -0.25) is 4.79 Å². The maximum Gasteiger partial charge on any atom is 0.258 e. The number of hydrogen-bond donors (Lipinski definition) is 0. The van der Waals surface area contributed by atoms with Crippen LogP contribution in [0.3, 0.4) is 0 Å². The van der Waals surface area contributed by atoms with Gasteiger partial charge in [-0.25, -0.2) is 0 Å². The first-order valence-corrected chi connectivity index (χ1v) is 6.38. The molecular formula is C14H18N2O2. The Bertz CT molecular complexity index is 478. The Morgan fingerprint density at radius 2 is 2.17 bits per heavy atom. The molecule has 0 radical (unpaired) electrons. The van der Waals surface area contributed by atoms with Crippen molar-refractivity contribution in [2.24, 2.45) is 0 Å². The Morgan fingerprint density at radius 1 is 1.50 bits per heavy atom. The molecule has 4 nitrogen and oxygen atoms in total. The Kier molecular flexibility index (Phi) is 3.71. The lowest BCUT2D eigenvalue weighted by Gasteiger charge is -2.26. The van der Waals surface area contributed by atoms with E-state index in [1.165, 1.54) is 0 Å². The molecule has 1 fully saturated rings. The van der Waals surface area contributed by atoms with Crippen LogP contribution in [0.1, 0.15) is 47.6 Å². The van der Waals surface area contributed by atoms with E-state index >= 15 is 0 Å². The highest BCUT2D eigenvalue weighted by atomic mass is 16.3. The van der Waals surface area contributed by atoms with Crippen molar-refractivity contribution in [3.05, 3.63) is 23.2 Å². The van der Waals surface area contributed by atoms with Crippen LogP contribution in [0.4, 0.5) is 0 Å². The van der Waals surface area contributed by atoms with E-state index in [1.54, 1.807) is 17.9 Å². The highest BCUT2D eigenvalue weighted by Crippen LogP contribution is 2.26. The summed E-state index contributed by atoms with van der Waals surface area (Å²) in [5, 5.41) is 8.90. The zero-order chi connectivity index (χ0) is 13.1. The van der Waals surface area contributed by atoms with Crippen molar-refractivity contribution in [1.29, 1.82) is 5.26 Å². The molecule has 0 atom stereocenters. The Balaban J connectivity index is 2.22. The smallest absolute Gasteiger partial charge is 0.258 e. The van der Waals surface area contributed by atoms with Crippen LogP contribution in [-0.4, -0.2) is 23.4 Å². The molecule has 1 aromatic rings. The van der Waals surface area contributed by atoms with Crippen LogP contribution in [0.5, 0.6) is 0 Å². The molecule has 0 bridgehead atoms. The molecule has 0 unspecified atom stereocenters. The van der Waals surface area contributed by atoms with Crippen LogP contribution < -0.4 is 0 Å². The van der Waals surface area contributed by atoms with E-state index in [9.17, 15) is 4.79 Å². The summed E-state index contributed by atoms with van der Waals surface area (Å²) < 4.78 is 5.40. The van der Waals surface area contributed by atoms with Gasteiger partial charge in [0, 0.05) is 6.04 Å². The number of aryl methyl sites for hydroxylation is 2. The summed E-state index contributed by atoms with van der Waals surface area (Å²) in [6.45, 7) is 3.78. The van der Waals surface area contributed by atoms with Crippen molar-refractivity contribution in [3.8, 4) is 6.07 Å². The molecule has 96 valence electrons. The number of amides is 1. The molecule has 1 aromatic heterocycles. The highest BCUT2D eigenvalue weighted by molar-refractivity contribution is 5.95. The fourth-order valence-corrected chi connectivity index (χ4v) is 2.66. The lowest BCUT2D eigenvalue weighted by molar-refractivity contribution is 0.0707. The first kappa shape index (κ1) is 12.7. The van der Waals surface area contributed by atoms with E-state index < -0.39 is 0 Å². The zero-order valence-electron chi connectivity index (χ0n) is 10.9. The largest absolute Gasteiger partial charge is 0.466 e. The van der Waals surface area contributed by atoms with E-state index in [1.807, 2.05) is 6.92 Å². The zero-order valence-corrected chi connectivity index (χ0v) is 10.9. The number of hydrogen-bond acceptors (Lipinski definition) is 3. The number of nitrogens with zero attached hydrogens (tertiary/aromatic N) is 2. The molecule has 0 saturated heterocycles. The van der Waals surface area contributed by atoms with Gasteiger partial charge in [-0.15, -0.1) is 0 Å². The molecule has 1 amide bonds. The summed E-state index contributed by atoms with van der Waals surface area (Å²) in [7, 11) is 0. The standard InChI is InChI=1S/C14H18N2O2/c1-10-9-13(11(2)18-10)14(17)16(8-7-15)12-5-3-4-6-12/h9,12H,3-6,8H2,1-2H3. The lowest BCUT2D eigenvalue weighted by atomic mass is 10.1. The third-order valence-corrected chi connectivity index (χ3v) is 3.54.